The normalized spacial score (nSPS) is 12.8. The van der Waals surface area contributed by atoms with Crippen LogP contribution in [0.2, 0.25) is 0 Å². The third kappa shape index (κ3) is 4.53. The lowest BCUT2D eigenvalue weighted by molar-refractivity contribution is -0.172. The number of hydrogen-bond donors (Lipinski definition) is 0. The van der Waals surface area contributed by atoms with Crippen LogP contribution in [-0.4, -0.2) is 12.4 Å². The molecule has 0 amide bonds. The second kappa shape index (κ2) is 4.70. The summed E-state index contributed by atoms with van der Waals surface area (Å²) >= 11 is 0. The summed E-state index contributed by atoms with van der Waals surface area (Å²) in [4.78, 5) is 0. The molecule has 0 aliphatic heterocycles. The summed E-state index contributed by atoms with van der Waals surface area (Å²) in [5.41, 5.74) is -2.40. The average molecular weight is 220 g/mol. The van der Waals surface area contributed by atoms with Gasteiger partial charge in [0.1, 0.15) is 5.57 Å². The predicted molar refractivity (Wildman–Crippen MR) is 39.7 cm³/mol. The SMILES string of the molecule is CCCCC=C(C(F)(F)F)C(F)(F)F. The highest BCUT2D eigenvalue weighted by atomic mass is 19.4. The van der Waals surface area contributed by atoms with Crippen molar-refractivity contribution in [3.8, 4) is 0 Å². The van der Waals surface area contributed by atoms with Crippen molar-refractivity contribution in [3.63, 3.8) is 0 Å². The Bertz CT molecular complexity index is 181. The summed E-state index contributed by atoms with van der Waals surface area (Å²) in [7, 11) is 0. The molecule has 0 heterocycles. The van der Waals surface area contributed by atoms with E-state index >= 15 is 0 Å². The molecule has 0 N–H and O–H groups in total. The molecule has 0 aromatic rings. The summed E-state index contributed by atoms with van der Waals surface area (Å²) in [5, 5.41) is 0. The van der Waals surface area contributed by atoms with Gasteiger partial charge in [-0.15, -0.1) is 0 Å². The highest BCUT2D eigenvalue weighted by Gasteiger charge is 2.50. The molecule has 0 fully saturated rings. The Kier molecular flexibility index (Phi) is 4.48. The van der Waals surface area contributed by atoms with E-state index in [4.69, 9.17) is 0 Å². The molecule has 0 saturated heterocycles. The van der Waals surface area contributed by atoms with E-state index in [1.807, 2.05) is 0 Å². The van der Waals surface area contributed by atoms with Crippen molar-refractivity contribution in [2.24, 2.45) is 0 Å². The van der Waals surface area contributed by atoms with E-state index in [-0.39, 0.29) is 12.5 Å². The number of hydrogen-bond acceptors (Lipinski definition) is 0. The summed E-state index contributed by atoms with van der Waals surface area (Å²) in [6.07, 6.45) is -9.75. The largest absolute Gasteiger partial charge is 0.420 e. The van der Waals surface area contributed by atoms with E-state index in [0.29, 0.717) is 12.8 Å². The van der Waals surface area contributed by atoms with Gasteiger partial charge >= 0.3 is 12.4 Å². The van der Waals surface area contributed by atoms with Crippen LogP contribution in [0.15, 0.2) is 11.6 Å². The lowest BCUT2D eigenvalue weighted by Gasteiger charge is -2.14. The zero-order chi connectivity index (χ0) is 11.4. The average Bonchev–Trinajstić information content (AvgIpc) is 1.92. The molecule has 0 nitrogen and oxygen atoms in total. The summed E-state index contributed by atoms with van der Waals surface area (Å²) in [6.45, 7) is 1.69. The fourth-order valence-corrected chi connectivity index (χ4v) is 0.843. The second-order valence-electron chi connectivity index (χ2n) is 2.76. The van der Waals surface area contributed by atoms with Crippen LogP contribution < -0.4 is 0 Å². The van der Waals surface area contributed by atoms with Gasteiger partial charge in [-0.2, -0.15) is 26.3 Å². The maximum Gasteiger partial charge on any atom is 0.420 e. The van der Waals surface area contributed by atoms with Crippen LogP contribution in [0.4, 0.5) is 26.3 Å². The first kappa shape index (κ1) is 13.3. The Hall–Kier alpha value is -0.680. The molecule has 0 aromatic carbocycles. The van der Waals surface area contributed by atoms with Crippen molar-refractivity contribution >= 4 is 0 Å². The lowest BCUT2D eigenvalue weighted by atomic mass is 10.1. The molecule has 0 aliphatic rings. The van der Waals surface area contributed by atoms with Crippen molar-refractivity contribution in [2.45, 2.75) is 38.5 Å². The lowest BCUT2D eigenvalue weighted by Crippen LogP contribution is -2.26. The maximum atomic E-state index is 11.9. The van der Waals surface area contributed by atoms with Crippen molar-refractivity contribution in [1.82, 2.24) is 0 Å². The molecule has 0 radical (unpaired) electrons. The van der Waals surface area contributed by atoms with Crippen molar-refractivity contribution in [1.29, 1.82) is 0 Å². The van der Waals surface area contributed by atoms with E-state index in [1.54, 1.807) is 6.92 Å². The summed E-state index contributed by atoms with van der Waals surface area (Å²) < 4.78 is 71.1. The molecule has 0 bridgehead atoms. The Morgan fingerprint density at radius 2 is 1.43 bits per heavy atom. The smallest absolute Gasteiger partial charge is 0.166 e. The molecule has 84 valence electrons. The van der Waals surface area contributed by atoms with Gasteiger partial charge in [0.05, 0.1) is 0 Å². The van der Waals surface area contributed by atoms with Gasteiger partial charge in [0.15, 0.2) is 0 Å². The molecule has 0 aromatic heterocycles. The Morgan fingerprint density at radius 3 is 1.71 bits per heavy atom. The number of rotatable bonds is 3. The van der Waals surface area contributed by atoms with Crippen LogP contribution in [0.5, 0.6) is 0 Å². The maximum absolute atomic E-state index is 11.9. The van der Waals surface area contributed by atoms with Crippen LogP contribution in [0.25, 0.3) is 0 Å². The molecule has 0 rings (SSSR count). The topological polar surface area (TPSA) is 0 Å². The third-order valence-electron chi connectivity index (χ3n) is 1.52. The molecule has 0 spiro atoms. The Balaban J connectivity index is 4.66. The van der Waals surface area contributed by atoms with Crippen molar-refractivity contribution < 1.29 is 26.3 Å². The Morgan fingerprint density at radius 1 is 1.00 bits per heavy atom. The van der Waals surface area contributed by atoms with Crippen LogP contribution in [0.3, 0.4) is 0 Å². The van der Waals surface area contributed by atoms with Crippen LogP contribution in [-0.2, 0) is 0 Å². The van der Waals surface area contributed by atoms with E-state index in [9.17, 15) is 26.3 Å². The molecular formula is C8H10F6. The van der Waals surface area contributed by atoms with Gasteiger partial charge in [-0.1, -0.05) is 25.8 Å². The number of allylic oxidation sites excluding steroid dienone is 2. The first-order chi connectivity index (χ1) is 6.19. The quantitative estimate of drug-likeness (QED) is 0.379. The minimum atomic E-state index is -5.31. The van der Waals surface area contributed by atoms with Gasteiger partial charge in [0.25, 0.3) is 0 Å². The second-order valence-corrected chi connectivity index (χ2v) is 2.76. The molecule has 14 heavy (non-hydrogen) atoms. The first-order valence-electron chi connectivity index (χ1n) is 4.04. The summed E-state index contributed by atoms with van der Waals surface area (Å²) in [6, 6.07) is 0. The highest BCUT2D eigenvalue weighted by molar-refractivity contribution is 5.15. The molecular weight excluding hydrogens is 210 g/mol. The Labute approximate surface area is 77.6 Å². The molecule has 0 saturated carbocycles. The van der Waals surface area contributed by atoms with E-state index in [2.05, 4.69) is 0 Å². The van der Waals surface area contributed by atoms with E-state index < -0.39 is 17.9 Å². The molecule has 0 atom stereocenters. The van der Waals surface area contributed by atoms with Crippen molar-refractivity contribution in [3.05, 3.63) is 11.6 Å². The van der Waals surface area contributed by atoms with Gasteiger partial charge in [0.2, 0.25) is 0 Å². The van der Waals surface area contributed by atoms with Gasteiger partial charge < -0.3 is 0 Å². The fourth-order valence-electron chi connectivity index (χ4n) is 0.843. The van der Waals surface area contributed by atoms with Crippen molar-refractivity contribution in [2.75, 3.05) is 0 Å². The minimum Gasteiger partial charge on any atom is -0.166 e. The highest BCUT2D eigenvalue weighted by Crippen LogP contribution is 2.38. The molecule has 6 heteroatoms. The van der Waals surface area contributed by atoms with Gasteiger partial charge in [0, 0.05) is 0 Å². The monoisotopic (exact) mass is 220 g/mol. The minimum absolute atomic E-state index is 0.204. The first-order valence-corrected chi connectivity index (χ1v) is 4.04. The van der Waals surface area contributed by atoms with Crippen LogP contribution in [0, 0.1) is 0 Å². The predicted octanol–water partition coefficient (Wildman–Crippen LogP) is 4.23. The van der Waals surface area contributed by atoms with Gasteiger partial charge in [-0.05, 0) is 6.42 Å². The van der Waals surface area contributed by atoms with Crippen LogP contribution >= 0.6 is 0 Å². The summed E-state index contributed by atoms with van der Waals surface area (Å²) in [5.74, 6) is 0. The molecule has 0 unspecified atom stereocenters. The number of alkyl halides is 6. The zero-order valence-corrected chi connectivity index (χ0v) is 7.47. The van der Waals surface area contributed by atoms with E-state index in [0.717, 1.165) is 0 Å². The molecule has 0 aliphatic carbocycles. The number of unbranched alkanes of at least 4 members (excludes halogenated alkanes) is 2. The third-order valence-corrected chi connectivity index (χ3v) is 1.52. The van der Waals surface area contributed by atoms with E-state index in [1.165, 1.54) is 0 Å². The fraction of sp³-hybridized carbons (Fsp3) is 0.750. The zero-order valence-electron chi connectivity index (χ0n) is 7.47. The number of halogens is 6. The standard InChI is InChI=1S/C8H10F6/c1-2-3-4-5-6(7(9,10)11)8(12,13)14/h5H,2-4H2,1H3. The van der Waals surface area contributed by atoms with Gasteiger partial charge in [-0.3, -0.25) is 0 Å². The van der Waals surface area contributed by atoms with Gasteiger partial charge in [-0.25, -0.2) is 0 Å². The van der Waals surface area contributed by atoms with Crippen LogP contribution in [0.1, 0.15) is 26.2 Å².